The Bertz CT molecular complexity index is 1180. The van der Waals surface area contributed by atoms with Crippen LogP contribution >= 0.6 is 35.0 Å². The van der Waals surface area contributed by atoms with Crippen molar-refractivity contribution in [2.75, 3.05) is 4.90 Å². The fraction of sp³-hybridized carbons (Fsp3) is 0.0435. The molecule has 0 aliphatic carbocycles. The van der Waals surface area contributed by atoms with Gasteiger partial charge in [-0.05, 0) is 29.8 Å². The van der Waals surface area contributed by atoms with E-state index >= 15 is 0 Å². The lowest BCUT2D eigenvalue weighted by atomic mass is 10.1. The molecule has 7 heteroatoms. The number of thioether (sulfide) groups is 1. The van der Waals surface area contributed by atoms with Crippen LogP contribution in [-0.4, -0.2) is 11.8 Å². The van der Waals surface area contributed by atoms with Crippen LogP contribution in [0.25, 0.3) is 5.57 Å². The second-order valence-corrected chi connectivity index (χ2v) is 8.33. The zero-order chi connectivity index (χ0) is 21.3. The minimum absolute atomic E-state index is 0.0922. The summed E-state index contributed by atoms with van der Waals surface area (Å²) in [7, 11) is 0. The van der Waals surface area contributed by atoms with E-state index in [1.54, 1.807) is 18.2 Å². The first-order valence-corrected chi connectivity index (χ1v) is 10.7. The van der Waals surface area contributed by atoms with Crippen LogP contribution in [-0.2, 0) is 15.3 Å². The number of benzene rings is 3. The summed E-state index contributed by atoms with van der Waals surface area (Å²) in [5, 5.41) is 0.650. The molecule has 30 heavy (non-hydrogen) atoms. The van der Waals surface area contributed by atoms with E-state index in [2.05, 4.69) is 0 Å². The van der Waals surface area contributed by atoms with E-state index in [-0.39, 0.29) is 21.2 Å². The van der Waals surface area contributed by atoms with E-state index in [9.17, 15) is 14.0 Å². The molecule has 3 aromatic carbocycles. The monoisotopic (exact) mass is 457 g/mol. The zero-order valence-corrected chi connectivity index (χ0v) is 17.8. The van der Waals surface area contributed by atoms with Gasteiger partial charge in [-0.3, -0.25) is 9.59 Å². The third kappa shape index (κ3) is 3.88. The van der Waals surface area contributed by atoms with Gasteiger partial charge in [0.1, 0.15) is 5.82 Å². The number of hydrogen-bond acceptors (Lipinski definition) is 3. The van der Waals surface area contributed by atoms with Crippen molar-refractivity contribution in [3.05, 3.63) is 105 Å². The molecule has 1 aliphatic rings. The van der Waals surface area contributed by atoms with E-state index in [1.165, 1.54) is 36.0 Å². The molecule has 0 bridgehead atoms. The first-order chi connectivity index (χ1) is 14.5. The molecule has 150 valence electrons. The molecule has 0 radical (unpaired) electrons. The maximum atomic E-state index is 14.4. The molecule has 1 aliphatic heterocycles. The molecule has 0 unspecified atom stereocenters. The molecular formula is C23H14Cl2FNO2S. The number of nitrogens with zero attached hydrogens (tertiary/aromatic N) is 1. The van der Waals surface area contributed by atoms with Crippen LogP contribution in [0.1, 0.15) is 11.1 Å². The van der Waals surface area contributed by atoms with Gasteiger partial charge in [0.15, 0.2) is 0 Å². The van der Waals surface area contributed by atoms with Crippen LogP contribution in [0.15, 0.2) is 77.7 Å². The second-order valence-electron chi connectivity index (χ2n) is 6.50. The van der Waals surface area contributed by atoms with Gasteiger partial charge in [0.2, 0.25) is 0 Å². The van der Waals surface area contributed by atoms with Crippen molar-refractivity contribution in [2.24, 2.45) is 0 Å². The van der Waals surface area contributed by atoms with Gasteiger partial charge in [-0.25, -0.2) is 9.29 Å². The van der Waals surface area contributed by atoms with Gasteiger partial charge < -0.3 is 0 Å². The highest BCUT2D eigenvalue weighted by Gasteiger charge is 2.41. The third-order valence-electron chi connectivity index (χ3n) is 4.56. The Morgan fingerprint density at radius 1 is 0.867 bits per heavy atom. The Hall–Kier alpha value is -2.60. The van der Waals surface area contributed by atoms with Crippen LogP contribution in [0.3, 0.4) is 0 Å². The van der Waals surface area contributed by atoms with E-state index < -0.39 is 17.6 Å². The molecule has 0 saturated heterocycles. The molecule has 0 saturated carbocycles. The SMILES string of the molecule is O=C1C(SCc2ccccc2)=C(c2ccc(Cl)cc2Cl)C(=O)N1c1ccccc1F. The first kappa shape index (κ1) is 20.7. The van der Waals surface area contributed by atoms with Gasteiger partial charge in [-0.15, -0.1) is 11.8 Å². The largest absolute Gasteiger partial charge is 0.272 e. The number of amides is 2. The predicted molar refractivity (Wildman–Crippen MR) is 120 cm³/mol. The van der Waals surface area contributed by atoms with Crippen molar-refractivity contribution >= 4 is 58.0 Å². The summed E-state index contributed by atoms with van der Waals surface area (Å²) in [6, 6.07) is 19.9. The van der Waals surface area contributed by atoms with Crippen molar-refractivity contribution in [3.8, 4) is 0 Å². The summed E-state index contributed by atoms with van der Waals surface area (Å²) in [5.74, 6) is -1.39. The number of carbonyl (C=O) groups is 2. The van der Waals surface area contributed by atoms with Crippen LogP contribution in [0, 0.1) is 5.82 Å². The molecule has 3 nitrogen and oxygen atoms in total. The molecule has 2 amide bonds. The summed E-state index contributed by atoms with van der Waals surface area (Å²) in [6.07, 6.45) is 0. The second kappa shape index (κ2) is 8.64. The maximum absolute atomic E-state index is 14.4. The van der Waals surface area contributed by atoms with Gasteiger partial charge in [0.05, 0.1) is 21.2 Å². The van der Waals surface area contributed by atoms with Gasteiger partial charge in [0, 0.05) is 16.3 Å². The Morgan fingerprint density at radius 2 is 1.57 bits per heavy atom. The third-order valence-corrected chi connectivity index (χ3v) is 6.25. The van der Waals surface area contributed by atoms with Crippen molar-refractivity contribution in [3.63, 3.8) is 0 Å². The van der Waals surface area contributed by atoms with Crippen molar-refractivity contribution in [1.29, 1.82) is 0 Å². The minimum Gasteiger partial charge on any atom is -0.268 e. The highest BCUT2D eigenvalue weighted by molar-refractivity contribution is 8.03. The Morgan fingerprint density at radius 3 is 2.27 bits per heavy atom. The summed E-state index contributed by atoms with van der Waals surface area (Å²) in [5.41, 5.74) is 1.42. The average Bonchev–Trinajstić information content (AvgIpc) is 2.97. The molecule has 3 aromatic rings. The molecule has 0 spiro atoms. The summed E-state index contributed by atoms with van der Waals surface area (Å²) < 4.78 is 14.4. The fourth-order valence-electron chi connectivity index (χ4n) is 3.15. The van der Waals surface area contributed by atoms with Gasteiger partial charge in [-0.1, -0.05) is 71.7 Å². The zero-order valence-electron chi connectivity index (χ0n) is 15.4. The molecule has 0 fully saturated rings. The lowest BCUT2D eigenvalue weighted by Crippen LogP contribution is -2.32. The topological polar surface area (TPSA) is 37.4 Å². The molecular weight excluding hydrogens is 444 g/mol. The smallest absolute Gasteiger partial charge is 0.268 e. The quantitative estimate of drug-likeness (QED) is 0.418. The maximum Gasteiger partial charge on any atom is 0.272 e. The van der Waals surface area contributed by atoms with E-state index in [0.717, 1.165) is 10.5 Å². The first-order valence-electron chi connectivity index (χ1n) is 8.97. The number of halogens is 3. The normalized spacial score (nSPS) is 14.0. The molecule has 0 atom stereocenters. The average molecular weight is 458 g/mol. The standard InChI is InChI=1S/C23H14Cl2FNO2S/c24-15-10-11-16(17(25)12-15)20-21(30-13-14-6-2-1-3-7-14)23(29)27(22(20)28)19-9-5-4-8-18(19)26/h1-12H,13H2. The van der Waals surface area contributed by atoms with Crippen LogP contribution in [0.4, 0.5) is 10.1 Å². The fourth-order valence-corrected chi connectivity index (χ4v) is 4.72. The lowest BCUT2D eigenvalue weighted by molar-refractivity contribution is -0.119. The molecule has 4 rings (SSSR count). The van der Waals surface area contributed by atoms with Crippen LogP contribution < -0.4 is 4.90 Å². The number of anilines is 1. The van der Waals surface area contributed by atoms with Gasteiger partial charge >= 0.3 is 0 Å². The summed E-state index contributed by atoms with van der Waals surface area (Å²) in [6.45, 7) is 0. The Labute approximate surface area is 187 Å². The minimum atomic E-state index is -0.657. The van der Waals surface area contributed by atoms with Crippen molar-refractivity contribution in [2.45, 2.75) is 5.75 Å². The van der Waals surface area contributed by atoms with Crippen LogP contribution in [0.5, 0.6) is 0 Å². The van der Waals surface area contributed by atoms with Crippen molar-refractivity contribution < 1.29 is 14.0 Å². The lowest BCUT2D eigenvalue weighted by Gasteiger charge is -2.16. The van der Waals surface area contributed by atoms with E-state index in [0.29, 0.717) is 16.3 Å². The number of hydrogen-bond donors (Lipinski definition) is 0. The van der Waals surface area contributed by atoms with Gasteiger partial charge in [0.25, 0.3) is 11.8 Å². The number of para-hydroxylation sites is 1. The molecule has 0 N–H and O–H groups in total. The summed E-state index contributed by atoms with van der Waals surface area (Å²) in [4.78, 5) is 27.6. The summed E-state index contributed by atoms with van der Waals surface area (Å²) >= 11 is 13.6. The predicted octanol–water partition coefficient (Wildman–Crippen LogP) is 6.35. The van der Waals surface area contributed by atoms with Crippen LogP contribution in [0.2, 0.25) is 10.0 Å². The highest BCUT2D eigenvalue weighted by Crippen LogP contribution is 2.42. The van der Waals surface area contributed by atoms with Gasteiger partial charge in [-0.2, -0.15) is 0 Å². The Balaban J connectivity index is 1.80. The highest BCUT2D eigenvalue weighted by atomic mass is 35.5. The van der Waals surface area contributed by atoms with E-state index in [1.807, 2.05) is 30.3 Å². The molecule has 1 heterocycles. The number of carbonyl (C=O) groups excluding carboxylic acids is 2. The number of rotatable bonds is 5. The van der Waals surface area contributed by atoms with E-state index in [4.69, 9.17) is 23.2 Å². The Kier molecular flexibility index (Phi) is 5.95. The number of imide groups is 1. The molecule has 0 aromatic heterocycles. The van der Waals surface area contributed by atoms with Crippen molar-refractivity contribution in [1.82, 2.24) is 0 Å².